The number of rotatable bonds is 2. The Balaban J connectivity index is 1.57. The van der Waals surface area contributed by atoms with Crippen LogP contribution in [0.15, 0.2) is 0 Å². The van der Waals surface area contributed by atoms with Gasteiger partial charge in [0.2, 0.25) is 0 Å². The summed E-state index contributed by atoms with van der Waals surface area (Å²) in [6, 6.07) is 0. The Bertz CT molecular complexity index is 535. The van der Waals surface area contributed by atoms with E-state index in [2.05, 4.69) is 6.92 Å². The van der Waals surface area contributed by atoms with Crippen molar-refractivity contribution >= 4 is 11.9 Å². The summed E-state index contributed by atoms with van der Waals surface area (Å²) in [7, 11) is 0. The predicted molar refractivity (Wildman–Crippen MR) is 84.6 cm³/mol. The molecule has 4 atom stereocenters. The number of carbonyl (C=O) groups excluding carboxylic acids is 2. The van der Waals surface area contributed by atoms with E-state index in [4.69, 9.17) is 9.47 Å². The number of ether oxygens (including phenoxy) is 2. The van der Waals surface area contributed by atoms with Gasteiger partial charge in [-0.2, -0.15) is 0 Å². The van der Waals surface area contributed by atoms with E-state index in [9.17, 15) is 9.59 Å². The second-order valence-corrected chi connectivity index (χ2v) is 8.80. The maximum atomic E-state index is 12.9. The van der Waals surface area contributed by atoms with Crippen molar-refractivity contribution in [3.8, 4) is 0 Å². The van der Waals surface area contributed by atoms with Crippen molar-refractivity contribution in [3.63, 3.8) is 0 Å². The van der Waals surface area contributed by atoms with Gasteiger partial charge in [-0.3, -0.25) is 9.59 Å². The third-order valence-corrected chi connectivity index (χ3v) is 6.97. The van der Waals surface area contributed by atoms with Crippen molar-refractivity contribution in [2.45, 2.75) is 89.3 Å². The van der Waals surface area contributed by atoms with Crippen LogP contribution in [0.25, 0.3) is 0 Å². The van der Waals surface area contributed by atoms with E-state index in [1.165, 1.54) is 12.8 Å². The zero-order chi connectivity index (χ0) is 16.3. The van der Waals surface area contributed by atoms with Gasteiger partial charge in [-0.25, -0.2) is 0 Å². The van der Waals surface area contributed by atoms with Crippen LogP contribution in [0.1, 0.15) is 78.1 Å². The van der Waals surface area contributed by atoms with E-state index < -0.39 is 5.60 Å². The summed E-state index contributed by atoms with van der Waals surface area (Å²) in [5.41, 5.74) is -0.841. The first-order valence-corrected chi connectivity index (χ1v) is 9.34. The summed E-state index contributed by atoms with van der Waals surface area (Å²) in [5.74, 6) is 0.748. The predicted octanol–water partition coefficient (Wildman–Crippen LogP) is 3.76. The molecular weight excluding hydrogens is 292 g/mol. The summed E-state index contributed by atoms with van der Waals surface area (Å²) in [4.78, 5) is 24.6. The minimum Gasteiger partial charge on any atom is -0.459 e. The van der Waals surface area contributed by atoms with E-state index in [0.29, 0.717) is 18.3 Å². The monoisotopic (exact) mass is 320 g/mol. The molecule has 128 valence electrons. The molecule has 0 radical (unpaired) electrons. The molecule has 4 nitrogen and oxygen atoms in total. The lowest BCUT2D eigenvalue weighted by atomic mass is 9.69. The van der Waals surface area contributed by atoms with Crippen LogP contribution in [-0.4, -0.2) is 23.1 Å². The van der Waals surface area contributed by atoms with Gasteiger partial charge in [0.05, 0.1) is 5.41 Å². The maximum absolute atomic E-state index is 12.9. The Morgan fingerprint density at radius 2 is 2.00 bits per heavy atom. The highest BCUT2D eigenvalue weighted by Gasteiger charge is 2.66. The van der Waals surface area contributed by atoms with Gasteiger partial charge >= 0.3 is 11.9 Å². The van der Waals surface area contributed by atoms with Gasteiger partial charge in [0.15, 0.2) is 0 Å². The van der Waals surface area contributed by atoms with Crippen molar-refractivity contribution in [1.29, 1.82) is 0 Å². The molecule has 4 unspecified atom stereocenters. The fraction of sp³-hybridized carbons (Fsp3) is 0.895. The van der Waals surface area contributed by atoms with Crippen molar-refractivity contribution in [2.24, 2.45) is 17.3 Å². The lowest BCUT2D eigenvalue weighted by molar-refractivity contribution is -0.164. The number of fused-ring (bicyclic) bond motifs is 3. The zero-order valence-electron chi connectivity index (χ0n) is 14.4. The molecule has 3 aliphatic carbocycles. The minimum atomic E-state index is -0.393. The molecular formula is C19H28O4. The molecule has 1 heterocycles. The van der Waals surface area contributed by atoms with Gasteiger partial charge in [0, 0.05) is 12.8 Å². The topological polar surface area (TPSA) is 52.6 Å². The molecule has 4 heteroatoms. The van der Waals surface area contributed by atoms with Crippen molar-refractivity contribution in [2.75, 3.05) is 0 Å². The van der Waals surface area contributed by atoms with Crippen LogP contribution in [0.2, 0.25) is 0 Å². The van der Waals surface area contributed by atoms with Crippen LogP contribution >= 0.6 is 0 Å². The Hall–Kier alpha value is -1.06. The van der Waals surface area contributed by atoms with Crippen molar-refractivity contribution < 1.29 is 19.1 Å². The van der Waals surface area contributed by atoms with Crippen LogP contribution < -0.4 is 0 Å². The molecule has 0 N–H and O–H groups in total. The van der Waals surface area contributed by atoms with Gasteiger partial charge in [0.25, 0.3) is 0 Å². The summed E-state index contributed by atoms with van der Waals surface area (Å²) in [6.07, 6.45) is 9.55. The maximum Gasteiger partial charge on any atom is 0.313 e. The van der Waals surface area contributed by atoms with Gasteiger partial charge in [-0.15, -0.1) is 0 Å². The minimum absolute atomic E-state index is 0.0537. The molecule has 3 saturated carbocycles. The lowest BCUT2D eigenvalue weighted by Crippen LogP contribution is -2.40. The van der Waals surface area contributed by atoms with E-state index in [-0.39, 0.29) is 23.0 Å². The van der Waals surface area contributed by atoms with E-state index in [1.54, 1.807) is 0 Å². The first-order chi connectivity index (χ1) is 10.9. The quantitative estimate of drug-likeness (QED) is 0.727. The van der Waals surface area contributed by atoms with Gasteiger partial charge in [-0.05, 0) is 70.1 Å². The zero-order valence-corrected chi connectivity index (χ0v) is 14.4. The number of hydrogen-bond acceptors (Lipinski definition) is 4. The fourth-order valence-electron chi connectivity index (χ4n) is 6.22. The van der Waals surface area contributed by atoms with Gasteiger partial charge < -0.3 is 9.47 Å². The molecule has 4 rings (SSSR count). The van der Waals surface area contributed by atoms with E-state index in [1.807, 2.05) is 6.92 Å². The molecule has 1 aliphatic heterocycles. The number of esters is 2. The lowest BCUT2D eigenvalue weighted by Gasteiger charge is -2.38. The molecule has 0 aromatic rings. The molecule has 0 aromatic carbocycles. The van der Waals surface area contributed by atoms with Crippen LogP contribution in [0.3, 0.4) is 0 Å². The Morgan fingerprint density at radius 3 is 2.70 bits per heavy atom. The number of carbonyl (C=O) groups is 2. The first-order valence-electron chi connectivity index (χ1n) is 9.34. The summed E-state index contributed by atoms with van der Waals surface area (Å²) < 4.78 is 11.8. The Morgan fingerprint density at radius 1 is 1.26 bits per heavy atom. The number of hydrogen-bond donors (Lipinski definition) is 0. The Labute approximate surface area is 138 Å². The second-order valence-electron chi connectivity index (χ2n) is 8.80. The van der Waals surface area contributed by atoms with Gasteiger partial charge in [-0.1, -0.05) is 6.92 Å². The Kier molecular flexibility index (Phi) is 3.34. The fourth-order valence-corrected chi connectivity index (χ4v) is 6.22. The molecule has 0 aromatic heterocycles. The second kappa shape index (κ2) is 4.97. The molecule has 2 bridgehead atoms. The summed E-state index contributed by atoms with van der Waals surface area (Å²) >= 11 is 0. The molecule has 4 fully saturated rings. The molecule has 0 amide bonds. The molecule has 1 saturated heterocycles. The van der Waals surface area contributed by atoms with Gasteiger partial charge in [0.1, 0.15) is 11.2 Å². The molecule has 2 spiro atoms. The van der Waals surface area contributed by atoms with Crippen LogP contribution in [0, 0.1) is 17.3 Å². The van der Waals surface area contributed by atoms with Crippen LogP contribution in [-0.2, 0) is 19.1 Å². The average molecular weight is 320 g/mol. The smallest absolute Gasteiger partial charge is 0.313 e. The van der Waals surface area contributed by atoms with E-state index in [0.717, 1.165) is 44.9 Å². The first kappa shape index (κ1) is 15.5. The highest BCUT2D eigenvalue weighted by Crippen LogP contribution is 2.64. The molecule has 23 heavy (non-hydrogen) atoms. The largest absolute Gasteiger partial charge is 0.459 e. The highest BCUT2D eigenvalue weighted by molar-refractivity contribution is 5.81. The SMILES string of the molecule is CCC(=O)OC1(C)CC2CC(C1)C1(C2)CC2(CCCC2)OC1=O. The van der Waals surface area contributed by atoms with Crippen molar-refractivity contribution in [3.05, 3.63) is 0 Å². The van der Waals surface area contributed by atoms with Crippen molar-refractivity contribution in [1.82, 2.24) is 0 Å². The molecule has 4 aliphatic rings. The summed E-state index contributed by atoms with van der Waals surface area (Å²) in [5, 5.41) is 0. The third-order valence-electron chi connectivity index (χ3n) is 6.97. The van der Waals surface area contributed by atoms with E-state index >= 15 is 0 Å². The summed E-state index contributed by atoms with van der Waals surface area (Å²) in [6.45, 7) is 3.90. The van der Waals surface area contributed by atoms with Crippen LogP contribution in [0.5, 0.6) is 0 Å². The standard InChI is InChI=1S/C19H28O4/c1-3-15(20)22-17(2)9-13-8-14(11-17)19(10-13)12-18(23-16(19)21)6-4-5-7-18/h13-14H,3-12H2,1-2H3. The highest BCUT2D eigenvalue weighted by atomic mass is 16.6. The third kappa shape index (κ3) is 2.32. The normalized spacial score (nSPS) is 44.0. The van der Waals surface area contributed by atoms with Crippen LogP contribution in [0.4, 0.5) is 0 Å². The average Bonchev–Trinajstić information content (AvgIpc) is 3.10.